The molecule has 0 aliphatic rings. The lowest BCUT2D eigenvalue weighted by atomic mass is 9.90. The van der Waals surface area contributed by atoms with E-state index in [2.05, 4.69) is 21.2 Å². The Morgan fingerprint density at radius 3 is 2.58 bits per heavy atom. The molecule has 6 heteroatoms. The van der Waals surface area contributed by atoms with Crippen molar-refractivity contribution in [1.82, 2.24) is 5.32 Å². The second kappa shape index (κ2) is 6.14. The summed E-state index contributed by atoms with van der Waals surface area (Å²) in [7, 11) is 0. The van der Waals surface area contributed by atoms with Gasteiger partial charge in [0.05, 0.1) is 11.0 Å². The van der Waals surface area contributed by atoms with E-state index in [9.17, 15) is 14.0 Å². The minimum atomic E-state index is -0.934. The molecule has 1 rings (SSSR count). The van der Waals surface area contributed by atoms with Crippen molar-refractivity contribution < 1.29 is 19.1 Å². The molecule has 0 atom stereocenters. The van der Waals surface area contributed by atoms with E-state index in [1.54, 1.807) is 19.9 Å². The zero-order chi connectivity index (χ0) is 14.6. The first-order chi connectivity index (χ1) is 8.74. The Morgan fingerprint density at radius 1 is 1.42 bits per heavy atom. The summed E-state index contributed by atoms with van der Waals surface area (Å²) in [5.74, 6) is -2.10. The fourth-order valence-electron chi connectivity index (χ4n) is 1.36. The first-order valence-electron chi connectivity index (χ1n) is 5.70. The largest absolute Gasteiger partial charge is 0.481 e. The second-order valence-corrected chi connectivity index (χ2v) is 5.73. The third-order valence-corrected chi connectivity index (χ3v) is 3.28. The van der Waals surface area contributed by atoms with Crippen LogP contribution in [0, 0.1) is 11.2 Å². The molecule has 0 saturated carbocycles. The van der Waals surface area contributed by atoms with Gasteiger partial charge in [-0.1, -0.05) is 15.9 Å². The Kier molecular flexibility index (Phi) is 5.05. The van der Waals surface area contributed by atoms with Crippen LogP contribution in [-0.4, -0.2) is 23.5 Å². The van der Waals surface area contributed by atoms with Gasteiger partial charge in [0.1, 0.15) is 5.82 Å². The Labute approximate surface area is 119 Å². The highest BCUT2D eigenvalue weighted by molar-refractivity contribution is 9.10. The summed E-state index contributed by atoms with van der Waals surface area (Å²) in [4.78, 5) is 22.6. The number of carboxylic acid groups (broad SMARTS) is 1. The molecule has 0 aliphatic carbocycles. The fourth-order valence-corrected chi connectivity index (χ4v) is 1.70. The molecule has 0 radical (unpaired) electrons. The highest BCUT2D eigenvalue weighted by atomic mass is 79.9. The fraction of sp³-hybridized carbons (Fsp3) is 0.385. The molecule has 0 bridgehead atoms. The number of amides is 1. The highest BCUT2D eigenvalue weighted by Gasteiger charge is 2.26. The average Bonchev–Trinajstić information content (AvgIpc) is 2.28. The van der Waals surface area contributed by atoms with Crippen molar-refractivity contribution in [3.8, 4) is 0 Å². The molecular weight excluding hydrogens is 317 g/mol. The van der Waals surface area contributed by atoms with E-state index in [4.69, 9.17) is 5.11 Å². The summed E-state index contributed by atoms with van der Waals surface area (Å²) in [5.41, 5.74) is -0.984. The molecule has 0 unspecified atom stereocenters. The molecule has 0 heterocycles. The Morgan fingerprint density at radius 2 is 2.05 bits per heavy atom. The third kappa shape index (κ3) is 4.31. The van der Waals surface area contributed by atoms with Crippen LogP contribution in [0.15, 0.2) is 22.7 Å². The molecule has 0 fully saturated rings. The third-order valence-electron chi connectivity index (χ3n) is 2.79. The smallest absolute Gasteiger partial charge is 0.309 e. The van der Waals surface area contributed by atoms with Crippen molar-refractivity contribution in [3.63, 3.8) is 0 Å². The van der Waals surface area contributed by atoms with Gasteiger partial charge in [0.25, 0.3) is 5.91 Å². The molecule has 0 saturated heterocycles. The minimum Gasteiger partial charge on any atom is -0.481 e. The SMILES string of the molecule is CC(C)(CCNC(=O)c1ccc(Br)cc1F)C(=O)O. The van der Waals surface area contributed by atoms with Crippen molar-refractivity contribution >= 4 is 27.8 Å². The van der Waals surface area contributed by atoms with Gasteiger partial charge in [0, 0.05) is 11.0 Å². The van der Waals surface area contributed by atoms with Gasteiger partial charge in [-0.15, -0.1) is 0 Å². The summed E-state index contributed by atoms with van der Waals surface area (Å²) < 4.78 is 14.1. The van der Waals surface area contributed by atoms with Gasteiger partial charge in [-0.05, 0) is 38.5 Å². The summed E-state index contributed by atoms with van der Waals surface area (Å²) in [6.45, 7) is 3.32. The number of aliphatic carboxylic acids is 1. The number of halogens is 2. The molecule has 1 amide bonds. The maximum atomic E-state index is 13.5. The zero-order valence-corrected chi connectivity index (χ0v) is 12.3. The van der Waals surface area contributed by atoms with E-state index < -0.39 is 23.1 Å². The van der Waals surface area contributed by atoms with Gasteiger partial charge >= 0.3 is 5.97 Å². The predicted octanol–water partition coefficient (Wildman–Crippen LogP) is 2.82. The number of benzene rings is 1. The molecule has 0 spiro atoms. The molecule has 19 heavy (non-hydrogen) atoms. The van der Waals surface area contributed by atoms with Crippen LogP contribution in [0.5, 0.6) is 0 Å². The number of carbonyl (C=O) groups is 2. The first-order valence-corrected chi connectivity index (χ1v) is 6.50. The summed E-state index contributed by atoms with van der Waals surface area (Å²) >= 11 is 3.10. The van der Waals surface area contributed by atoms with E-state index in [1.165, 1.54) is 12.1 Å². The number of hydrogen-bond donors (Lipinski definition) is 2. The topological polar surface area (TPSA) is 66.4 Å². The standard InChI is InChI=1S/C13H15BrFNO3/c1-13(2,12(18)19)5-6-16-11(17)9-4-3-8(14)7-10(9)15/h3-4,7H,5-6H2,1-2H3,(H,16,17)(H,18,19). The van der Waals surface area contributed by atoms with Crippen LogP contribution in [0.4, 0.5) is 4.39 Å². The molecule has 0 aromatic heterocycles. The first kappa shape index (κ1) is 15.6. The number of hydrogen-bond acceptors (Lipinski definition) is 2. The zero-order valence-electron chi connectivity index (χ0n) is 10.7. The average molecular weight is 332 g/mol. The predicted molar refractivity (Wildman–Crippen MR) is 72.5 cm³/mol. The Hall–Kier alpha value is -1.43. The Balaban J connectivity index is 2.59. The van der Waals surface area contributed by atoms with Crippen LogP contribution in [-0.2, 0) is 4.79 Å². The highest BCUT2D eigenvalue weighted by Crippen LogP contribution is 2.19. The van der Waals surface area contributed by atoms with Gasteiger partial charge in [-0.25, -0.2) is 4.39 Å². The molecule has 2 N–H and O–H groups in total. The van der Waals surface area contributed by atoms with Crippen molar-refractivity contribution in [1.29, 1.82) is 0 Å². The lowest BCUT2D eigenvalue weighted by Gasteiger charge is -2.18. The van der Waals surface area contributed by atoms with E-state index in [0.717, 1.165) is 0 Å². The lowest BCUT2D eigenvalue weighted by Crippen LogP contribution is -2.32. The number of rotatable bonds is 5. The summed E-state index contributed by atoms with van der Waals surface area (Å²) in [6, 6.07) is 4.15. The van der Waals surface area contributed by atoms with Gasteiger partial charge in [-0.3, -0.25) is 9.59 Å². The van der Waals surface area contributed by atoms with Crippen LogP contribution in [0.3, 0.4) is 0 Å². The Bertz CT molecular complexity index is 503. The number of nitrogens with one attached hydrogen (secondary N) is 1. The molecule has 0 aliphatic heterocycles. The van der Waals surface area contributed by atoms with Crippen molar-refractivity contribution in [3.05, 3.63) is 34.1 Å². The molecule has 1 aromatic carbocycles. The quantitative estimate of drug-likeness (QED) is 0.871. The minimum absolute atomic E-state index is 0.0590. The summed E-state index contributed by atoms with van der Waals surface area (Å²) in [6.07, 6.45) is 0.270. The number of carboxylic acids is 1. The van der Waals surface area contributed by atoms with Gasteiger partial charge < -0.3 is 10.4 Å². The molecule has 1 aromatic rings. The van der Waals surface area contributed by atoms with E-state index in [0.29, 0.717) is 4.47 Å². The second-order valence-electron chi connectivity index (χ2n) is 4.82. The maximum Gasteiger partial charge on any atom is 0.309 e. The summed E-state index contributed by atoms with van der Waals surface area (Å²) in [5, 5.41) is 11.4. The van der Waals surface area contributed by atoms with E-state index in [1.807, 2.05) is 0 Å². The molecule has 4 nitrogen and oxygen atoms in total. The van der Waals surface area contributed by atoms with Gasteiger partial charge in [0.15, 0.2) is 0 Å². The number of carbonyl (C=O) groups excluding carboxylic acids is 1. The van der Waals surface area contributed by atoms with Crippen molar-refractivity contribution in [2.24, 2.45) is 5.41 Å². The van der Waals surface area contributed by atoms with Crippen molar-refractivity contribution in [2.75, 3.05) is 6.54 Å². The van der Waals surface area contributed by atoms with Crippen LogP contribution in [0.25, 0.3) is 0 Å². The van der Waals surface area contributed by atoms with Crippen LogP contribution in [0.1, 0.15) is 30.6 Å². The lowest BCUT2D eigenvalue weighted by molar-refractivity contribution is -0.147. The molecule has 104 valence electrons. The van der Waals surface area contributed by atoms with Crippen molar-refractivity contribution in [2.45, 2.75) is 20.3 Å². The van der Waals surface area contributed by atoms with E-state index >= 15 is 0 Å². The normalized spacial score (nSPS) is 11.2. The molecular formula is C13H15BrFNO3. The van der Waals surface area contributed by atoms with Crippen LogP contribution >= 0.6 is 15.9 Å². The van der Waals surface area contributed by atoms with Gasteiger partial charge in [0.2, 0.25) is 0 Å². The van der Waals surface area contributed by atoms with E-state index in [-0.39, 0.29) is 18.5 Å². The van der Waals surface area contributed by atoms with Crippen LogP contribution < -0.4 is 5.32 Å². The maximum absolute atomic E-state index is 13.5. The monoisotopic (exact) mass is 331 g/mol. The van der Waals surface area contributed by atoms with Gasteiger partial charge in [-0.2, -0.15) is 0 Å². The van der Waals surface area contributed by atoms with Crippen LogP contribution in [0.2, 0.25) is 0 Å².